The van der Waals surface area contributed by atoms with Crippen LogP contribution < -0.4 is 0 Å². The van der Waals surface area contributed by atoms with Crippen molar-refractivity contribution in [2.24, 2.45) is 0 Å². The molecular weight excluding hydrogens is 1700 g/mol. The molecule has 0 saturated carbocycles. The molecule has 30 rings (SSSR count). The zero-order chi connectivity index (χ0) is 87.9. The van der Waals surface area contributed by atoms with Gasteiger partial charge in [-0.2, -0.15) is 0 Å². The van der Waals surface area contributed by atoms with Gasteiger partial charge in [0.1, 0.15) is 0 Å². The minimum atomic E-state index is 0.869. The van der Waals surface area contributed by atoms with Crippen LogP contribution >= 0.6 is 34.0 Å². The number of aromatic nitrogens is 7. The average Bonchev–Trinajstić information content (AvgIpc) is 1.57. The Morgan fingerprint density at radius 1 is 0.156 bits per heavy atom. The van der Waals surface area contributed by atoms with Crippen LogP contribution in [0.3, 0.4) is 0 Å². The molecule has 10 aromatic heterocycles. The molecule has 0 unspecified atom stereocenters. The third-order valence-electron chi connectivity index (χ3n) is 28.7. The zero-order valence-electron chi connectivity index (χ0n) is 72.5. The fraction of sp³-hybridized carbons (Fsp3) is 0. The number of rotatable bonds is 11. The van der Waals surface area contributed by atoms with E-state index >= 15 is 0 Å². The van der Waals surface area contributed by atoms with E-state index in [-0.39, 0.29) is 0 Å². The zero-order valence-corrected chi connectivity index (χ0v) is 75.0. The molecule has 0 radical (unpaired) electrons. The van der Waals surface area contributed by atoms with Gasteiger partial charge in [0.25, 0.3) is 0 Å². The van der Waals surface area contributed by atoms with Crippen molar-refractivity contribution in [3.63, 3.8) is 0 Å². The molecule has 0 aliphatic heterocycles. The van der Waals surface area contributed by atoms with Crippen LogP contribution in [0.15, 0.2) is 443 Å². The predicted octanol–water partition coefficient (Wildman–Crippen LogP) is 35.1. The van der Waals surface area contributed by atoms with Gasteiger partial charge in [-0.1, -0.05) is 249 Å². The third-order valence-corrected chi connectivity index (χ3v) is 32.4. The van der Waals surface area contributed by atoms with Gasteiger partial charge >= 0.3 is 0 Å². The van der Waals surface area contributed by atoms with Gasteiger partial charge in [0.2, 0.25) is 0 Å². The summed E-state index contributed by atoms with van der Waals surface area (Å²) in [7, 11) is 0. The van der Waals surface area contributed by atoms with E-state index in [1.807, 2.05) is 34.0 Å². The van der Waals surface area contributed by atoms with Crippen LogP contribution in [0.25, 0.3) is 281 Å². The molecule has 20 aromatic carbocycles. The minimum Gasteiger partial charge on any atom is -0.309 e. The molecular formula is C125H73N7S3. The fourth-order valence-corrected chi connectivity index (χ4v) is 26.4. The Balaban J connectivity index is 0.636. The van der Waals surface area contributed by atoms with E-state index in [0.717, 1.165) is 111 Å². The van der Waals surface area contributed by atoms with Crippen molar-refractivity contribution in [2.45, 2.75) is 0 Å². The van der Waals surface area contributed by atoms with Crippen molar-refractivity contribution in [1.29, 1.82) is 0 Å². The lowest BCUT2D eigenvalue weighted by molar-refractivity contribution is 1.11. The highest BCUT2D eigenvalue weighted by atomic mass is 32.1. The molecule has 0 fully saturated rings. The standard InChI is InChI=1S/C125H73N7S3/c1-2-28-82(29-3-1)127-110-45-18-10-36-92(110)98-66-75(52-57-114(98)127)76-53-58-116-99(67-76)100-68-77(54-59-117(100)131(116)118-49-25-40-96-94-38-12-22-50-119(94)134-123(96)118)80-69-97(122-103(70-80)95-39-13-23-51-120(95)133-122)78-27-24-26-74(62-78)79-63-81(65-85(64-79)130-111-46-19-11-37-93(111)101-71-83(55-60-115(101)130)128-106-41-14-4-30-86(106)87-31-5-15-42-107(87)128)105-73-104-102-72-84(129-108-43-16-6-32-88(108)89-33-7-17-44-109(89)129)56-61-121(102)135-124(104)125(126-105)132-112-47-20-8-34-90(112)91-35-9-21-48-113(91)132/h1-73H. The summed E-state index contributed by atoms with van der Waals surface area (Å²) in [5.41, 5.74) is 30.4. The maximum atomic E-state index is 6.17. The van der Waals surface area contributed by atoms with Gasteiger partial charge in [-0.15, -0.1) is 34.0 Å². The summed E-state index contributed by atoms with van der Waals surface area (Å²) in [5, 5.41) is 21.8. The largest absolute Gasteiger partial charge is 0.309 e. The molecule has 0 spiro atoms. The third kappa shape index (κ3) is 11.1. The van der Waals surface area contributed by atoms with Crippen molar-refractivity contribution < 1.29 is 0 Å². The molecule has 626 valence electrons. The molecule has 0 amide bonds. The molecule has 0 N–H and O–H groups in total. The molecule has 0 saturated heterocycles. The van der Waals surface area contributed by atoms with Gasteiger partial charge in [0.05, 0.1) is 87.0 Å². The minimum absolute atomic E-state index is 0.869. The fourth-order valence-electron chi connectivity index (χ4n) is 22.8. The number of benzene rings is 20. The number of pyridine rings is 1. The van der Waals surface area contributed by atoms with Crippen molar-refractivity contribution >= 4 is 225 Å². The molecule has 7 nitrogen and oxygen atoms in total. The molecule has 10 heteroatoms. The van der Waals surface area contributed by atoms with Gasteiger partial charge in [0, 0.05) is 150 Å². The van der Waals surface area contributed by atoms with E-state index in [4.69, 9.17) is 4.98 Å². The first kappa shape index (κ1) is 74.8. The number of thiophene rings is 3. The van der Waals surface area contributed by atoms with Crippen LogP contribution in [-0.4, -0.2) is 32.4 Å². The van der Waals surface area contributed by atoms with Crippen molar-refractivity contribution in [3.8, 4) is 90.0 Å². The van der Waals surface area contributed by atoms with Crippen LogP contribution in [0.5, 0.6) is 0 Å². The van der Waals surface area contributed by atoms with Crippen molar-refractivity contribution in [3.05, 3.63) is 443 Å². The molecule has 0 aliphatic carbocycles. The topological polar surface area (TPSA) is 42.5 Å². The van der Waals surface area contributed by atoms with E-state index in [9.17, 15) is 0 Å². The lowest BCUT2D eigenvalue weighted by Gasteiger charge is -2.16. The monoisotopic (exact) mass is 1770 g/mol. The summed E-state index contributed by atoms with van der Waals surface area (Å²) in [6.07, 6.45) is 0. The normalized spacial score (nSPS) is 12.3. The van der Waals surface area contributed by atoms with E-state index in [2.05, 4.69) is 470 Å². The molecule has 30 aromatic rings. The van der Waals surface area contributed by atoms with Gasteiger partial charge in [-0.05, 0) is 233 Å². The quantitative estimate of drug-likeness (QED) is 0.127. The van der Waals surface area contributed by atoms with Crippen LogP contribution in [-0.2, 0) is 0 Å². The number of nitrogens with zero attached hydrogens (tertiary/aromatic N) is 7. The summed E-state index contributed by atoms with van der Waals surface area (Å²) in [6.45, 7) is 0. The Hall–Kier alpha value is -17.0. The second-order valence-electron chi connectivity index (χ2n) is 36.0. The van der Waals surface area contributed by atoms with Crippen LogP contribution in [0.4, 0.5) is 0 Å². The lowest BCUT2D eigenvalue weighted by atomic mass is 9.93. The molecule has 0 atom stereocenters. The van der Waals surface area contributed by atoms with Gasteiger partial charge in [-0.25, -0.2) is 4.98 Å². The van der Waals surface area contributed by atoms with Crippen molar-refractivity contribution in [1.82, 2.24) is 32.4 Å². The Labute approximate surface area is 784 Å². The Kier molecular flexibility index (Phi) is 15.9. The summed E-state index contributed by atoms with van der Waals surface area (Å²) in [6, 6.07) is 166. The number of hydrogen-bond acceptors (Lipinski definition) is 4. The highest BCUT2D eigenvalue weighted by Crippen LogP contribution is 2.51. The average molecular weight is 1770 g/mol. The second kappa shape index (κ2) is 28.8. The Bertz CT molecular complexity index is 10200. The molecule has 135 heavy (non-hydrogen) atoms. The van der Waals surface area contributed by atoms with Crippen LogP contribution in [0.1, 0.15) is 0 Å². The SMILES string of the molecule is c1ccc(-n2c3ccccc3c3cc(-c4ccc5c(c4)c4cc(-c6cc(-c7cccc(-c8cc(-c9cc%10c(sc%11ccc(-n%12c%13ccccc%13c%13ccccc%13%12)cc%11%10)c(-n%10c%11ccccc%11c%11ccccc%11%10)n9)cc(-n9c%10ccccc%10c%10cc(-n%11c%12ccccc%12c%12ccccc%12%11)ccc%109)c8)c7)c7sc8ccccc8c7c6)ccc4n5-c4cccc5c4sc4ccccc45)ccc32)cc1. The summed E-state index contributed by atoms with van der Waals surface area (Å²) in [4.78, 5) is 6.17. The summed E-state index contributed by atoms with van der Waals surface area (Å²) < 4.78 is 22.2. The number of fused-ring (bicyclic) bond motifs is 27. The maximum absolute atomic E-state index is 6.17. The van der Waals surface area contributed by atoms with Gasteiger partial charge < -0.3 is 22.8 Å². The van der Waals surface area contributed by atoms with E-state index in [0.29, 0.717) is 0 Å². The molecule has 10 heterocycles. The first-order valence-corrected chi connectivity index (χ1v) is 48.6. The lowest BCUT2D eigenvalue weighted by Crippen LogP contribution is -2.01. The highest BCUT2D eigenvalue weighted by molar-refractivity contribution is 7.27. The summed E-state index contributed by atoms with van der Waals surface area (Å²) >= 11 is 5.60. The molecule has 0 aliphatic rings. The van der Waals surface area contributed by atoms with Crippen molar-refractivity contribution in [2.75, 3.05) is 0 Å². The Morgan fingerprint density at radius 3 is 1.05 bits per heavy atom. The maximum Gasteiger partial charge on any atom is 0.156 e. The van der Waals surface area contributed by atoms with Gasteiger partial charge in [0.15, 0.2) is 5.82 Å². The highest BCUT2D eigenvalue weighted by Gasteiger charge is 2.28. The van der Waals surface area contributed by atoms with E-state index < -0.39 is 0 Å². The first-order chi connectivity index (χ1) is 66.9. The smallest absolute Gasteiger partial charge is 0.156 e. The number of hydrogen-bond donors (Lipinski definition) is 0. The summed E-state index contributed by atoms with van der Waals surface area (Å²) in [5.74, 6) is 0.896. The first-order valence-electron chi connectivity index (χ1n) is 46.1. The van der Waals surface area contributed by atoms with Gasteiger partial charge in [-0.3, -0.25) is 4.57 Å². The van der Waals surface area contributed by atoms with Crippen LogP contribution in [0.2, 0.25) is 0 Å². The second-order valence-corrected chi connectivity index (χ2v) is 39.1. The van der Waals surface area contributed by atoms with Crippen LogP contribution in [0, 0.1) is 0 Å². The predicted molar refractivity (Wildman–Crippen MR) is 576 cm³/mol. The van der Waals surface area contributed by atoms with E-state index in [1.165, 1.54) is 171 Å². The number of para-hydroxylation sites is 9. The van der Waals surface area contributed by atoms with E-state index in [1.54, 1.807) is 0 Å². The molecule has 0 bridgehead atoms. The Morgan fingerprint density at radius 2 is 0.496 bits per heavy atom.